The molecule has 1 unspecified atom stereocenters. The molecule has 1 aliphatic rings. The van der Waals surface area contributed by atoms with Crippen LogP contribution in [0.2, 0.25) is 0 Å². The molecule has 0 radical (unpaired) electrons. The van der Waals surface area contributed by atoms with Crippen LogP contribution in [0.25, 0.3) is 0 Å². The highest BCUT2D eigenvalue weighted by Crippen LogP contribution is 2.37. The first-order valence-electron chi connectivity index (χ1n) is 10.1. The third-order valence-corrected chi connectivity index (χ3v) is 7.16. The molecule has 30 heavy (non-hydrogen) atoms. The summed E-state index contributed by atoms with van der Waals surface area (Å²) in [6, 6.07) is 12.1. The summed E-state index contributed by atoms with van der Waals surface area (Å²) in [5, 5.41) is 2.09. The zero-order chi connectivity index (χ0) is 21.7. The Morgan fingerprint density at radius 1 is 1.27 bits per heavy atom. The lowest BCUT2D eigenvalue weighted by Crippen LogP contribution is -2.50. The van der Waals surface area contributed by atoms with E-state index in [1.807, 2.05) is 23.1 Å². The molecule has 0 saturated carbocycles. The van der Waals surface area contributed by atoms with E-state index in [9.17, 15) is 9.59 Å². The third kappa shape index (κ3) is 4.88. The maximum absolute atomic E-state index is 13.5. The second-order valence-electron chi connectivity index (χ2n) is 8.19. The van der Waals surface area contributed by atoms with Crippen molar-refractivity contribution in [3.8, 4) is 0 Å². The SMILES string of the molecule is COCCN(CC(=O)N1CCc2sccc2C1c1ccccc1)C(=O)C(C)(C)CCl. The largest absolute Gasteiger partial charge is 0.383 e. The van der Waals surface area contributed by atoms with Crippen molar-refractivity contribution in [2.45, 2.75) is 26.3 Å². The van der Waals surface area contributed by atoms with E-state index in [0.717, 1.165) is 12.0 Å². The molecule has 1 atom stereocenters. The van der Waals surface area contributed by atoms with Gasteiger partial charge in [0.1, 0.15) is 0 Å². The number of ether oxygens (including phenoxy) is 1. The Morgan fingerprint density at radius 2 is 2.00 bits per heavy atom. The third-order valence-electron chi connectivity index (χ3n) is 5.49. The molecule has 0 saturated heterocycles. The van der Waals surface area contributed by atoms with Crippen LogP contribution in [-0.4, -0.2) is 60.8 Å². The number of halogens is 1. The van der Waals surface area contributed by atoms with E-state index in [1.165, 1.54) is 10.4 Å². The summed E-state index contributed by atoms with van der Waals surface area (Å²) >= 11 is 7.77. The van der Waals surface area contributed by atoms with Crippen LogP contribution in [0.5, 0.6) is 0 Å². The number of rotatable bonds is 8. The van der Waals surface area contributed by atoms with Gasteiger partial charge in [0.2, 0.25) is 11.8 Å². The number of hydrogen-bond acceptors (Lipinski definition) is 4. The Labute approximate surface area is 187 Å². The zero-order valence-corrected chi connectivity index (χ0v) is 19.3. The average molecular weight is 449 g/mol. The van der Waals surface area contributed by atoms with Crippen LogP contribution in [0.15, 0.2) is 41.8 Å². The summed E-state index contributed by atoms with van der Waals surface area (Å²) in [6.07, 6.45) is 0.835. The maximum atomic E-state index is 13.5. The molecule has 2 heterocycles. The number of nitrogens with zero attached hydrogens (tertiary/aromatic N) is 2. The predicted molar refractivity (Wildman–Crippen MR) is 121 cm³/mol. The molecule has 0 fully saturated rings. The second kappa shape index (κ2) is 9.94. The molecule has 0 spiro atoms. The van der Waals surface area contributed by atoms with Crippen molar-refractivity contribution in [1.29, 1.82) is 0 Å². The lowest BCUT2D eigenvalue weighted by molar-refractivity contribution is -0.146. The van der Waals surface area contributed by atoms with Gasteiger partial charge < -0.3 is 14.5 Å². The first kappa shape index (κ1) is 22.8. The van der Waals surface area contributed by atoms with E-state index in [1.54, 1.807) is 37.2 Å². The summed E-state index contributed by atoms with van der Waals surface area (Å²) in [4.78, 5) is 31.3. The van der Waals surface area contributed by atoms with Gasteiger partial charge in [0.05, 0.1) is 24.6 Å². The van der Waals surface area contributed by atoms with Gasteiger partial charge in [-0.3, -0.25) is 9.59 Å². The summed E-state index contributed by atoms with van der Waals surface area (Å²) in [6.45, 7) is 4.99. The van der Waals surface area contributed by atoms with Gasteiger partial charge in [-0.15, -0.1) is 22.9 Å². The number of carbonyl (C=O) groups is 2. The number of hydrogen-bond donors (Lipinski definition) is 0. The molecular weight excluding hydrogens is 420 g/mol. The van der Waals surface area contributed by atoms with Crippen LogP contribution in [0.3, 0.4) is 0 Å². The Bertz CT molecular complexity index is 868. The molecule has 0 aliphatic carbocycles. The van der Waals surface area contributed by atoms with Gasteiger partial charge in [0.15, 0.2) is 0 Å². The van der Waals surface area contributed by atoms with Crippen LogP contribution >= 0.6 is 22.9 Å². The molecule has 162 valence electrons. The van der Waals surface area contributed by atoms with Gasteiger partial charge in [-0.25, -0.2) is 0 Å². The van der Waals surface area contributed by atoms with Gasteiger partial charge in [0, 0.05) is 31.0 Å². The molecule has 3 rings (SSSR count). The highest BCUT2D eigenvalue weighted by molar-refractivity contribution is 7.10. The minimum atomic E-state index is -0.739. The Balaban J connectivity index is 1.86. The van der Waals surface area contributed by atoms with E-state index in [-0.39, 0.29) is 30.3 Å². The van der Waals surface area contributed by atoms with Crippen LogP contribution in [-0.2, 0) is 20.7 Å². The van der Waals surface area contributed by atoms with E-state index in [2.05, 4.69) is 23.6 Å². The molecule has 7 heteroatoms. The normalized spacial score (nSPS) is 16.3. The number of benzene rings is 1. The van der Waals surface area contributed by atoms with Crippen LogP contribution in [0, 0.1) is 5.41 Å². The summed E-state index contributed by atoms with van der Waals surface area (Å²) in [5.74, 6) is 0.000844. The monoisotopic (exact) mass is 448 g/mol. The second-order valence-corrected chi connectivity index (χ2v) is 9.45. The fourth-order valence-corrected chi connectivity index (χ4v) is 4.79. The highest BCUT2D eigenvalue weighted by Gasteiger charge is 2.36. The van der Waals surface area contributed by atoms with Crippen molar-refractivity contribution >= 4 is 34.8 Å². The van der Waals surface area contributed by atoms with Crippen molar-refractivity contribution in [3.05, 3.63) is 57.8 Å². The molecule has 5 nitrogen and oxygen atoms in total. The van der Waals surface area contributed by atoms with Gasteiger partial charge >= 0.3 is 0 Å². The average Bonchev–Trinajstić information content (AvgIpc) is 3.24. The fraction of sp³-hybridized carbons (Fsp3) is 0.478. The number of amides is 2. The molecule has 1 aliphatic heterocycles. The fourth-order valence-electron chi connectivity index (χ4n) is 3.77. The molecule has 1 aromatic carbocycles. The molecule has 1 aromatic heterocycles. The Morgan fingerprint density at radius 3 is 2.67 bits per heavy atom. The minimum Gasteiger partial charge on any atom is -0.383 e. The first-order valence-corrected chi connectivity index (χ1v) is 11.6. The van der Waals surface area contributed by atoms with Crippen LogP contribution in [0.1, 0.15) is 35.9 Å². The van der Waals surface area contributed by atoms with E-state index < -0.39 is 5.41 Å². The van der Waals surface area contributed by atoms with Crippen molar-refractivity contribution in [2.75, 3.05) is 39.2 Å². The smallest absolute Gasteiger partial charge is 0.242 e. The molecule has 2 aromatic rings. The molecule has 2 amide bonds. The number of fused-ring (bicyclic) bond motifs is 1. The van der Waals surface area contributed by atoms with Crippen molar-refractivity contribution in [3.63, 3.8) is 0 Å². The van der Waals surface area contributed by atoms with Gasteiger partial charge in [0.25, 0.3) is 0 Å². The lowest BCUT2D eigenvalue weighted by Gasteiger charge is -2.38. The van der Waals surface area contributed by atoms with E-state index >= 15 is 0 Å². The first-order chi connectivity index (χ1) is 14.4. The lowest BCUT2D eigenvalue weighted by atomic mass is 9.92. The summed E-state index contributed by atoms with van der Waals surface area (Å²) < 4.78 is 5.17. The number of methoxy groups -OCH3 is 1. The van der Waals surface area contributed by atoms with Crippen molar-refractivity contribution in [1.82, 2.24) is 9.80 Å². The van der Waals surface area contributed by atoms with E-state index in [0.29, 0.717) is 19.7 Å². The van der Waals surface area contributed by atoms with Crippen molar-refractivity contribution in [2.24, 2.45) is 5.41 Å². The topological polar surface area (TPSA) is 49.9 Å². The van der Waals surface area contributed by atoms with E-state index in [4.69, 9.17) is 16.3 Å². The van der Waals surface area contributed by atoms with Gasteiger partial charge in [-0.2, -0.15) is 0 Å². The minimum absolute atomic E-state index is 0.0192. The summed E-state index contributed by atoms with van der Waals surface area (Å²) in [7, 11) is 1.59. The quantitative estimate of drug-likeness (QED) is 0.574. The van der Waals surface area contributed by atoms with Gasteiger partial charge in [-0.1, -0.05) is 30.3 Å². The zero-order valence-electron chi connectivity index (χ0n) is 17.8. The van der Waals surface area contributed by atoms with Crippen LogP contribution < -0.4 is 0 Å². The molecule has 0 N–H and O–H groups in total. The standard InChI is InChI=1S/C23H29ClN2O3S/c1-23(2,16-24)22(28)25(12-13-29-3)15-20(27)26-11-9-19-18(10-14-30-19)21(26)17-7-5-4-6-8-17/h4-8,10,14,21H,9,11-13,15-16H2,1-3H3. The van der Waals surface area contributed by atoms with Crippen LogP contribution in [0.4, 0.5) is 0 Å². The van der Waals surface area contributed by atoms with Gasteiger partial charge in [-0.05, 0) is 42.8 Å². The Hall–Kier alpha value is -1.89. The molecule has 0 bridgehead atoms. The predicted octanol–water partition coefficient (Wildman–Crippen LogP) is 3.96. The Kier molecular flexibility index (Phi) is 7.55. The maximum Gasteiger partial charge on any atom is 0.242 e. The summed E-state index contributed by atoms with van der Waals surface area (Å²) in [5.41, 5.74) is 1.53. The number of carbonyl (C=O) groups excluding carboxylic acids is 2. The number of thiophene rings is 1. The highest BCUT2D eigenvalue weighted by atomic mass is 35.5. The number of alkyl halides is 1. The molecular formula is C23H29ClN2O3S. The van der Waals surface area contributed by atoms with Crippen molar-refractivity contribution < 1.29 is 14.3 Å².